The lowest BCUT2D eigenvalue weighted by Crippen LogP contribution is -2.04. The van der Waals surface area contributed by atoms with Gasteiger partial charge in [-0.25, -0.2) is 0 Å². The molecular weight excluding hydrogens is 180 g/mol. The summed E-state index contributed by atoms with van der Waals surface area (Å²) in [6, 6.07) is 8.05. The van der Waals surface area contributed by atoms with Gasteiger partial charge in [-0.15, -0.1) is 0 Å². The van der Waals surface area contributed by atoms with E-state index in [1.807, 2.05) is 45.0 Å². The van der Waals surface area contributed by atoms with E-state index in [1.165, 1.54) is 11.9 Å². The summed E-state index contributed by atoms with van der Waals surface area (Å²) in [5, 5.41) is 5.36. The van der Waals surface area contributed by atoms with Crippen LogP contribution in [0.1, 0.15) is 32.4 Å². The summed E-state index contributed by atoms with van der Waals surface area (Å²) in [6.45, 7) is 5.96. The summed E-state index contributed by atoms with van der Waals surface area (Å²) in [7, 11) is 0. The highest BCUT2D eigenvalue weighted by Crippen LogP contribution is 2.15. The van der Waals surface area contributed by atoms with Gasteiger partial charge >= 0.3 is 0 Å². The SMILES string of the molecule is CC.CC(N)c1ccc(SN)cc1. The third-order valence-corrected chi connectivity index (χ3v) is 2.09. The Kier molecular flexibility index (Phi) is 6.68. The van der Waals surface area contributed by atoms with Crippen molar-refractivity contribution in [2.75, 3.05) is 0 Å². The first-order valence-electron chi connectivity index (χ1n) is 4.46. The maximum absolute atomic E-state index is 5.67. The molecule has 0 aromatic heterocycles. The molecule has 0 aliphatic carbocycles. The summed E-state index contributed by atoms with van der Waals surface area (Å²) in [5.41, 5.74) is 6.81. The van der Waals surface area contributed by atoms with E-state index in [1.54, 1.807) is 0 Å². The lowest BCUT2D eigenvalue weighted by Gasteiger charge is -2.04. The van der Waals surface area contributed by atoms with Gasteiger partial charge in [0.1, 0.15) is 0 Å². The summed E-state index contributed by atoms with van der Waals surface area (Å²) >= 11 is 1.25. The van der Waals surface area contributed by atoms with Crippen molar-refractivity contribution < 1.29 is 0 Å². The third-order valence-electron chi connectivity index (χ3n) is 1.54. The minimum atomic E-state index is 0.104. The monoisotopic (exact) mass is 198 g/mol. The van der Waals surface area contributed by atoms with Crippen molar-refractivity contribution >= 4 is 11.9 Å². The molecule has 0 amide bonds. The minimum Gasteiger partial charge on any atom is -0.324 e. The minimum absolute atomic E-state index is 0.104. The van der Waals surface area contributed by atoms with Gasteiger partial charge in [0.05, 0.1) is 0 Å². The Morgan fingerprint density at radius 3 is 1.92 bits per heavy atom. The molecule has 0 bridgehead atoms. The largest absolute Gasteiger partial charge is 0.324 e. The zero-order valence-electron chi connectivity index (χ0n) is 8.45. The van der Waals surface area contributed by atoms with E-state index < -0.39 is 0 Å². The Morgan fingerprint density at radius 2 is 1.62 bits per heavy atom. The molecule has 74 valence electrons. The zero-order chi connectivity index (χ0) is 10.3. The molecule has 1 unspecified atom stereocenters. The van der Waals surface area contributed by atoms with Crippen LogP contribution in [0.15, 0.2) is 29.2 Å². The number of hydrogen-bond donors (Lipinski definition) is 2. The molecule has 0 radical (unpaired) electrons. The van der Waals surface area contributed by atoms with Crippen LogP contribution in [0.2, 0.25) is 0 Å². The molecule has 0 aliphatic rings. The first kappa shape index (κ1) is 12.5. The second-order valence-corrected chi connectivity index (χ2v) is 3.18. The van der Waals surface area contributed by atoms with Crippen molar-refractivity contribution in [3.05, 3.63) is 29.8 Å². The Morgan fingerprint density at radius 1 is 1.15 bits per heavy atom. The van der Waals surface area contributed by atoms with Crippen LogP contribution in [0.4, 0.5) is 0 Å². The van der Waals surface area contributed by atoms with Crippen molar-refractivity contribution in [2.24, 2.45) is 10.9 Å². The summed E-state index contributed by atoms with van der Waals surface area (Å²) in [5.74, 6) is 0. The predicted octanol–water partition coefficient (Wildman–Crippen LogP) is 2.70. The molecule has 4 N–H and O–H groups in total. The van der Waals surface area contributed by atoms with Crippen LogP contribution >= 0.6 is 11.9 Å². The van der Waals surface area contributed by atoms with E-state index in [0.29, 0.717) is 0 Å². The lowest BCUT2D eigenvalue weighted by atomic mass is 10.1. The average molecular weight is 198 g/mol. The van der Waals surface area contributed by atoms with Crippen LogP contribution in [-0.2, 0) is 0 Å². The van der Waals surface area contributed by atoms with Crippen LogP contribution in [0.25, 0.3) is 0 Å². The van der Waals surface area contributed by atoms with Gasteiger partial charge in [0.2, 0.25) is 0 Å². The van der Waals surface area contributed by atoms with Gasteiger partial charge in [-0.1, -0.05) is 26.0 Å². The quantitative estimate of drug-likeness (QED) is 0.718. The molecule has 0 saturated heterocycles. The number of hydrogen-bond acceptors (Lipinski definition) is 3. The van der Waals surface area contributed by atoms with Gasteiger partial charge in [0.25, 0.3) is 0 Å². The first-order chi connectivity index (χ1) is 6.24. The highest BCUT2D eigenvalue weighted by Gasteiger charge is 1.97. The van der Waals surface area contributed by atoms with Crippen LogP contribution in [-0.4, -0.2) is 0 Å². The molecule has 13 heavy (non-hydrogen) atoms. The van der Waals surface area contributed by atoms with E-state index >= 15 is 0 Å². The fraction of sp³-hybridized carbons (Fsp3) is 0.400. The highest BCUT2D eigenvalue weighted by atomic mass is 32.2. The van der Waals surface area contributed by atoms with Gasteiger partial charge in [-0.2, -0.15) is 0 Å². The molecule has 0 heterocycles. The zero-order valence-corrected chi connectivity index (χ0v) is 9.27. The third kappa shape index (κ3) is 4.31. The first-order valence-corrected chi connectivity index (χ1v) is 5.34. The highest BCUT2D eigenvalue weighted by molar-refractivity contribution is 7.97. The number of benzene rings is 1. The van der Waals surface area contributed by atoms with E-state index in [4.69, 9.17) is 10.9 Å². The molecular formula is C10H18N2S. The molecule has 0 spiro atoms. The standard InChI is InChI=1S/C8H12N2S.C2H6/c1-6(9)7-2-4-8(11-10)5-3-7;1-2/h2-6H,9-10H2,1H3;1-2H3. The molecule has 1 aromatic rings. The van der Waals surface area contributed by atoms with Crippen molar-refractivity contribution in [1.82, 2.24) is 0 Å². The van der Waals surface area contributed by atoms with E-state index in [0.717, 1.165) is 10.5 Å². The summed E-state index contributed by atoms with van der Waals surface area (Å²) < 4.78 is 0. The van der Waals surface area contributed by atoms with E-state index in [-0.39, 0.29) is 6.04 Å². The summed E-state index contributed by atoms with van der Waals surface area (Å²) in [4.78, 5) is 1.06. The molecule has 1 atom stereocenters. The Labute approximate surface area is 84.8 Å². The van der Waals surface area contributed by atoms with Gasteiger partial charge in [0.15, 0.2) is 0 Å². The van der Waals surface area contributed by atoms with Gasteiger partial charge in [0, 0.05) is 10.9 Å². The molecule has 2 nitrogen and oxygen atoms in total. The Bertz CT molecular complexity index is 219. The normalized spacial score (nSPS) is 11.5. The van der Waals surface area contributed by atoms with Gasteiger partial charge in [-0.05, 0) is 36.6 Å². The van der Waals surface area contributed by atoms with Crippen molar-refractivity contribution in [1.29, 1.82) is 0 Å². The smallest absolute Gasteiger partial charge is 0.0266 e. The van der Waals surface area contributed by atoms with Crippen molar-refractivity contribution in [2.45, 2.75) is 31.7 Å². The molecule has 1 aromatic carbocycles. The predicted molar refractivity (Wildman–Crippen MR) is 60.4 cm³/mol. The Balaban J connectivity index is 0.000000671. The van der Waals surface area contributed by atoms with E-state index in [9.17, 15) is 0 Å². The second-order valence-electron chi connectivity index (χ2n) is 2.48. The van der Waals surface area contributed by atoms with Gasteiger partial charge < -0.3 is 5.73 Å². The molecule has 0 saturated carbocycles. The van der Waals surface area contributed by atoms with Crippen LogP contribution in [0, 0.1) is 0 Å². The maximum atomic E-state index is 5.67. The molecule has 1 rings (SSSR count). The van der Waals surface area contributed by atoms with Crippen LogP contribution in [0.3, 0.4) is 0 Å². The molecule has 0 aliphatic heterocycles. The number of rotatable bonds is 2. The second kappa shape index (κ2) is 6.95. The fourth-order valence-electron chi connectivity index (χ4n) is 0.850. The summed E-state index contributed by atoms with van der Waals surface area (Å²) in [6.07, 6.45) is 0. The van der Waals surface area contributed by atoms with Crippen LogP contribution < -0.4 is 10.9 Å². The average Bonchev–Trinajstić information content (AvgIpc) is 2.21. The van der Waals surface area contributed by atoms with E-state index in [2.05, 4.69) is 0 Å². The number of nitrogens with two attached hydrogens (primary N) is 2. The molecule has 3 heteroatoms. The molecule has 0 fully saturated rings. The van der Waals surface area contributed by atoms with Crippen LogP contribution in [0.5, 0.6) is 0 Å². The fourth-order valence-corrected chi connectivity index (χ4v) is 1.14. The maximum Gasteiger partial charge on any atom is 0.0266 e. The lowest BCUT2D eigenvalue weighted by molar-refractivity contribution is 0.817. The van der Waals surface area contributed by atoms with Crippen molar-refractivity contribution in [3.8, 4) is 0 Å². The van der Waals surface area contributed by atoms with Crippen molar-refractivity contribution in [3.63, 3.8) is 0 Å². The van der Waals surface area contributed by atoms with Gasteiger partial charge in [-0.3, -0.25) is 5.14 Å². The Hall–Kier alpha value is -0.510. The topological polar surface area (TPSA) is 52.0 Å².